The Morgan fingerprint density at radius 1 is 1.20 bits per heavy atom. The Hall–Kier alpha value is -1.88. The number of carbonyl (C=O) groups excluding carboxylic acids is 2. The van der Waals surface area contributed by atoms with E-state index in [2.05, 4.69) is 5.32 Å². The zero-order valence-electron chi connectivity index (χ0n) is 11.6. The molecule has 0 aliphatic carbocycles. The number of quaternary nitrogens is 1. The molecule has 0 bridgehead atoms. The topological polar surface area (TPSA) is 76.6 Å². The van der Waals surface area contributed by atoms with E-state index in [4.69, 9.17) is 5.73 Å². The number of piperidine rings is 1. The maximum Gasteiger partial charge on any atom is 0.230 e. The van der Waals surface area contributed by atoms with Crippen molar-refractivity contribution in [2.75, 3.05) is 25.0 Å². The largest absolute Gasteiger partial charge is 0.369 e. The summed E-state index contributed by atoms with van der Waals surface area (Å²) in [6, 6.07) is 9.47. The second-order valence-corrected chi connectivity index (χ2v) is 5.34. The number of nitrogens with one attached hydrogen (secondary N) is 2. The molecule has 0 saturated carbocycles. The molecule has 1 heterocycles. The van der Waals surface area contributed by atoms with Gasteiger partial charge in [0.1, 0.15) is 0 Å². The van der Waals surface area contributed by atoms with Gasteiger partial charge in [-0.3, -0.25) is 9.59 Å². The number of para-hydroxylation sites is 1. The van der Waals surface area contributed by atoms with Gasteiger partial charge in [-0.1, -0.05) is 18.2 Å². The molecule has 1 aliphatic rings. The van der Waals surface area contributed by atoms with Crippen molar-refractivity contribution in [1.82, 2.24) is 0 Å². The first-order valence-electron chi connectivity index (χ1n) is 7.13. The summed E-state index contributed by atoms with van der Waals surface area (Å²) in [5.41, 5.74) is 6.14. The SMILES string of the molecule is NC(=O)C1CC[NH+](CCC(=O)Nc2ccccc2)CC1. The first kappa shape index (κ1) is 14.5. The standard InChI is InChI=1S/C15H21N3O2/c16-15(20)12-6-9-18(10-7-12)11-8-14(19)17-13-4-2-1-3-5-13/h1-5,12H,6-11H2,(H2,16,20)(H,17,19)/p+1. The number of hydrogen-bond donors (Lipinski definition) is 3. The van der Waals surface area contributed by atoms with Crippen molar-refractivity contribution in [3.05, 3.63) is 30.3 Å². The number of carbonyl (C=O) groups is 2. The summed E-state index contributed by atoms with van der Waals surface area (Å²) < 4.78 is 0. The third-order valence-electron chi connectivity index (χ3n) is 3.86. The Bertz CT molecular complexity index is 453. The molecule has 1 saturated heterocycles. The molecule has 0 aromatic heterocycles. The number of rotatable bonds is 5. The molecule has 1 aromatic rings. The molecule has 5 nitrogen and oxygen atoms in total. The van der Waals surface area contributed by atoms with E-state index in [1.54, 1.807) is 0 Å². The van der Waals surface area contributed by atoms with E-state index in [0.29, 0.717) is 6.42 Å². The Labute approximate surface area is 119 Å². The van der Waals surface area contributed by atoms with E-state index in [1.807, 2.05) is 30.3 Å². The summed E-state index contributed by atoms with van der Waals surface area (Å²) in [5, 5.41) is 2.88. The monoisotopic (exact) mass is 276 g/mol. The summed E-state index contributed by atoms with van der Waals surface area (Å²) in [6.07, 6.45) is 2.18. The Kier molecular flexibility index (Phi) is 5.12. The zero-order chi connectivity index (χ0) is 14.4. The molecule has 0 radical (unpaired) electrons. The summed E-state index contributed by atoms with van der Waals surface area (Å²) in [6.45, 7) is 2.66. The third-order valence-corrected chi connectivity index (χ3v) is 3.86. The van der Waals surface area contributed by atoms with Gasteiger partial charge >= 0.3 is 0 Å². The molecule has 0 spiro atoms. The lowest BCUT2D eigenvalue weighted by atomic mass is 9.96. The highest BCUT2D eigenvalue weighted by Gasteiger charge is 2.25. The van der Waals surface area contributed by atoms with Gasteiger partial charge in [0.25, 0.3) is 0 Å². The van der Waals surface area contributed by atoms with Crippen molar-refractivity contribution >= 4 is 17.5 Å². The van der Waals surface area contributed by atoms with Crippen LogP contribution in [0.3, 0.4) is 0 Å². The fourth-order valence-electron chi connectivity index (χ4n) is 2.60. The number of nitrogens with two attached hydrogens (primary N) is 1. The van der Waals surface area contributed by atoms with E-state index in [0.717, 1.165) is 38.2 Å². The number of benzene rings is 1. The van der Waals surface area contributed by atoms with E-state index in [1.165, 1.54) is 4.90 Å². The van der Waals surface area contributed by atoms with Crippen molar-refractivity contribution in [2.45, 2.75) is 19.3 Å². The molecule has 1 fully saturated rings. The van der Waals surface area contributed by atoms with Crippen LogP contribution in [0.4, 0.5) is 5.69 Å². The van der Waals surface area contributed by atoms with Crippen molar-refractivity contribution in [3.8, 4) is 0 Å². The van der Waals surface area contributed by atoms with Crippen molar-refractivity contribution in [1.29, 1.82) is 0 Å². The van der Waals surface area contributed by atoms with Gasteiger partial charge in [0, 0.05) is 24.4 Å². The van der Waals surface area contributed by atoms with Crippen LogP contribution in [0.15, 0.2) is 30.3 Å². The highest BCUT2D eigenvalue weighted by molar-refractivity contribution is 5.90. The van der Waals surface area contributed by atoms with Crippen LogP contribution in [0.25, 0.3) is 0 Å². The Morgan fingerprint density at radius 3 is 2.45 bits per heavy atom. The number of anilines is 1. The lowest BCUT2D eigenvalue weighted by Crippen LogP contribution is -3.13. The van der Waals surface area contributed by atoms with E-state index in [9.17, 15) is 9.59 Å². The molecule has 108 valence electrons. The van der Waals surface area contributed by atoms with Crippen molar-refractivity contribution in [2.24, 2.45) is 11.7 Å². The van der Waals surface area contributed by atoms with Crippen LogP contribution in [0.5, 0.6) is 0 Å². The molecular formula is C15H22N3O2+. The average molecular weight is 276 g/mol. The van der Waals surface area contributed by atoms with Gasteiger partial charge in [0.2, 0.25) is 11.8 Å². The van der Waals surface area contributed by atoms with Crippen LogP contribution in [0, 0.1) is 5.92 Å². The Morgan fingerprint density at radius 2 is 1.85 bits per heavy atom. The zero-order valence-corrected chi connectivity index (χ0v) is 11.6. The highest BCUT2D eigenvalue weighted by atomic mass is 16.2. The predicted octanol–water partition coefficient (Wildman–Crippen LogP) is -0.205. The fraction of sp³-hybridized carbons (Fsp3) is 0.467. The number of primary amides is 1. The molecule has 1 aromatic carbocycles. The van der Waals surface area contributed by atoms with Gasteiger partial charge in [-0.15, -0.1) is 0 Å². The van der Waals surface area contributed by atoms with E-state index in [-0.39, 0.29) is 17.7 Å². The summed E-state index contributed by atoms with van der Waals surface area (Å²) in [5.74, 6) is -0.122. The van der Waals surface area contributed by atoms with Crippen LogP contribution in [0.2, 0.25) is 0 Å². The minimum atomic E-state index is -0.189. The van der Waals surface area contributed by atoms with Crippen LogP contribution in [-0.2, 0) is 9.59 Å². The number of hydrogen-bond acceptors (Lipinski definition) is 2. The molecule has 2 rings (SSSR count). The lowest BCUT2D eigenvalue weighted by molar-refractivity contribution is -0.905. The molecular weight excluding hydrogens is 254 g/mol. The molecule has 20 heavy (non-hydrogen) atoms. The minimum Gasteiger partial charge on any atom is -0.369 e. The lowest BCUT2D eigenvalue weighted by Gasteiger charge is -2.27. The first-order valence-corrected chi connectivity index (χ1v) is 7.13. The Balaban J connectivity index is 1.68. The molecule has 4 N–H and O–H groups in total. The van der Waals surface area contributed by atoms with Gasteiger partial charge < -0.3 is 16.0 Å². The second kappa shape index (κ2) is 7.05. The van der Waals surface area contributed by atoms with Crippen LogP contribution >= 0.6 is 0 Å². The van der Waals surface area contributed by atoms with Crippen molar-refractivity contribution in [3.63, 3.8) is 0 Å². The van der Waals surface area contributed by atoms with Crippen LogP contribution < -0.4 is 16.0 Å². The minimum absolute atomic E-state index is 0.0249. The second-order valence-electron chi connectivity index (χ2n) is 5.34. The first-order chi connectivity index (χ1) is 9.65. The normalized spacial score (nSPS) is 22.2. The van der Waals surface area contributed by atoms with Crippen LogP contribution in [-0.4, -0.2) is 31.4 Å². The number of amides is 2. The maximum atomic E-state index is 11.8. The quantitative estimate of drug-likeness (QED) is 0.696. The van der Waals surface area contributed by atoms with E-state index < -0.39 is 0 Å². The van der Waals surface area contributed by atoms with Gasteiger partial charge in [-0.05, 0) is 12.1 Å². The summed E-state index contributed by atoms with van der Waals surface area (Å²) in [4.78, 5) is 24.3. The third kappa shape index (κ3) is 4.35. The maximum absolute atomic E-state index is 11.8. The fourth-order valence-corrected chi connectivity index (χ4v) is 2.60. The van der Waals surface area contributed by atoms with Gasteiger partial charge in [0.15, 0.2) is 0 Å². The molecule has 0 unspecified atom stereocenters. The number of likely N-dealkylation sites (tertiary alicyclic amines) is 1. The van der Waals surface area contributed by atoms with Gasteiger partial charge in [0.05, 0.1) is 26.1 Å². The van der Waals surface area contributed by atoms with Gasteiger partial charge in [-0.2, -0.15) is 0 Å². The summed E-state index contributed by atoms with van der Waals surface area (Å²) in [7, 11) is 0. The molecule has 0 atom stereocenters. The van der Waals surface area contributed by atoms with Gasteiger partial charge in [-0.25, -0.2) is 0 Å². The predicted molar refractivity (Wildman–Crippen MR) is 77.2 cm³/mol. The molecule has 2 amide bonds. The average Bonchev–Trinajstić information content (AvgIpc) is 2.46. The molecule has 5 heteroatoms. The van der Waals surface area contributed by atoms with Crippen LogP contribution in [0.1, 0.15) is 19.3 Å². The van der Waals surface area contributed by atoms with Crippen molar-refractivity contribution < 1.29 is 14.5 Å². The highest BCUT2D eigenvalue weighted by Crippen LogP contribution is 2.08. The van der Waals surface area contributed by atoms with E-state index >= 15 is 0 Å². The summed E-state index contributed by atoms with van der Waals surface area (Å²) >= 11 is 0. The smallest absolute Gasteiger partial charge is 0.230 e. The molecule has 1 aliphatic heterocycles.